The highest BCUT2D eigenvalue weighted by Crippen LogP contribution is 2.33. The van der Waals surface area contributed by atoms with E-state index < -0.39 is 5.54 Å². The maximum Gasteiger partial charge on any atom is 0.318 e. The molecule has 0 saturated carbocycles. The Balaban J connectivity index is 1.28. The average molecular weight is 530 g/mol. The SMILES string of the molecule is COCCN(C(=O)NCc1cccc(OC)c1)C1(C=O)CCN(Cc2cccc3c2oc2ccccc23)CC1. The van der Waals surface area contributed by atoms with Crippen LogP contribution in [0.2, 0.25) is 0 Å². The van der Waals surface area contributed by atoms with Crippen LogP contribution in [-0.4, -0.2) is 68.1 Å². The van der Waals surface area contributed by atoms with Crippen LogP contribution in [-0.2, 0) is 22.6 Å². The molecule has 2 amide bonds. The zero-order chi connectivity index (χ0) is 27.2. The molecule has 0 aliphatic carbocycles. The molecule has 204 valence electrons. The van der Waals surface area contributed by atoms with Gasteiger partial charge in [0.15, 0.2) is 0 Å². The molecule has 1 aliphatic heterocycles. The third kappa shape index (κ3) is 5.62. The quantitative estimate of drug-likeness (QED) is 0.292. The highest BCUT2D eigenvalue weighted by molar-refractivity contribution is 6.05. The summed E-state index contributed by atoms with van der Waals surface area (Å²) in [7, 11) is 3.21. The van der Waals surface area contributed by atoms with Gasteiger partial charge in [0.25, 0.3) is 0 Å². The molecule has 1 N–H and O–H groups in total. The Kier molecular flexibility index (Phi) is 8.14. The van der Waals surface area contributed by atoms with E-state index in [-0.39, 0.29) is 6.03 Å². The molecule has 2 heterocycles. The molecule has 1 aliphatic rings. The molecule has 1 fully saturated rings. The molecular weight excluding hydrogens is 494 g/mol. The summed E-state index contributed by atoms with van der Waals surface area (Å²) < 4.78 is 16.8. The summed E-state index contributed by atoms with van der Waals surface area (Å²) >= 11 is 0. The summed E-state index contributed by atoms with van der Waals surface area (Å²) in [6.45, 7) is 3.09. The van der Waals surface area contributed by atoms with Gasteiger partial charge in [0, 0.05) is 56.2 Å². The number of methoxy groups -OCH3 is 2. The lowest BCUT2D eigenvalue weighted by atomic mass is 9.86. The fourth-order valence-electron chi connectivity index (χ4n) is 5.49. The first-order chi connectivity index (χ1) is 19.1. The topological polar surface area (TPSA) is 84.2 Å². The number of ether oxygens (including phenoxy) is 2. The van der Waals surface area contributed by atoms with Crippen molar-refractivity contribution < 1.29 is 23.5 Å². The number of aldehydes is 1. The number of urea groups is 1. The van der Waals surface area contributed by atoms with Gasteiger partial charge in [-0.25, -0.2) is 4.79 Å². The van der Waals surface area contributed by atoms with Gasteiger partial charge in [0.05, 0.1) is 13.7 Å². The molecule has 39 heavy (non-hydrogen) atoms. The van der Waals surface area contributed by atoms with Gasteiger partial charge >= 0.3 is 6.03 Å². The summed E-state index contributed by atoms with van der Waals surface area (Å²) in [5.41, 5.74) is 2.94. The number of nitrogens with zero attached hydrogens (tertiary/aromatic N) is 2. The van der Waals surface area contributed by atoms with Crippen molar-refractivity contribution in [3.63, 3.8) is 0 Å². The van der Waals surface area contributed by atoms with Crippen molar-refractivity contribution in [2.75, 3.05) is 40.5 Å². The largest absolute Gasteiger partial charge is 0.497 e. The van der Waals surface area contributed by atoms with E-state index >= 15 is 0 Å². The minimum Gasteiger partial charge on any atom is -0.497 e. The number of nitrogens with one attached hydrogen (secondary N) is 1. The third-order valence-electron chi connectivity index (χ3n) is 7.70. The van der Waals surface area contributed by atoms with Gasteiger partial charge < -0.3 is 28.9 Å². The van der Waals surface area contributed by atoms with E-state index in [4.69, 9.17) is 13.9 Å². The number of piperidine rings is 1. The van der Waals surface area contributed by atoms with Crippen molar-refractivity contribution in [3.05, 3.63) is 77.9 Å². The van der Waals surface area contributed by atoms with Gasteiger partial charge in [-0.3, -0.25) is 4.90 Å². The van der Waals surface area contributed by atoms with Crippen LogP contribution >= 0.6 is 0 Å². The molecule has 0 bridgehead atoms. The monoisotopic (exact) mass is 529 g/mol. The van der Waals surface area contributed by atoms with Gasteiger partial charge in [-0.1, -0.05) is 48.5 Å². The van der Waals surface area contributed by atoms with E-state index in [1.165, 1.54) is 0 Å². The van der Waals surface area contributed by atoms with Crippen LogP contribution in [0.3, 0.4) is 0 Å². The minimum atomic E-state index is -0.890. The zero-order valence-electron chi connectivity index (χ0n) is 22.5. The lowest BCUT2D eigenvalue weighted by Crippen LogP contribution is -2.61. The predicted molar refractivity (Wildman–Crippen MR) is 151 cm³/mol. The molecule has 0 spiro atoms. The first-order valence-corrected chi connectivity index (χ1v) is 13.3. The molecule has 3 aromatic carbocycles. The van der Waals surface area contributed by atoms with Gasteiger partial charge in [0.2, 0.25) is 0 Å². The number of hydrogen-bond donors (Lipinski definition) is 1. The van der Waals surface area contributed by atoms with E-state index in [0.29, 0.717) is 52.2 Å². The van der Waals surface area contributed by atoms with E-state index in [1.54, 1.807) is 19.1 Å². The van der Waals surface area contributed by atoms with Crippen LogP contribution in [0.1, 0.15) is 24.0 Å². The molecule has 8 heteroatoms. The smallest absolute Gasteiger partial charge is 0.318 e. The van der Waals surface area contributed by atoms with E-state index in [2.05, 4.69) is 34.5 Å². The summed E-state index contributed by atoms with van der Waals surface area (Å²) in [5.74, 6) is 0.730. The van der Waals surface area contributed by atoms with Crippen LogP contribution in [0.4, 0.5) is 4.79 Å². The number of carbonyl (C=O) groups excluding carboxylic acids is 2. The molecule has 0 unspecified atom stereocenters. The Morgan fingerprint density at radius 3 is 2.59 bits per heavy atom. The Bertz CT molecular complexity index is 1440. The number of benzene rings is 3. The number of likely N-dealkylation sites (tertiary alicyclic amines) is 1. The highest BCUT2D eigenvalue weighted by atomic mass is 16.5. The highest BCUT2D eigenvalue weighted by Gasteiger charge is 2.42. The Labute approximate surface area is 228 Å². The molecule has 8 nitrogen and oxygen atoms in total. The number of para-hydroxylation sites is 2. The molecule has 0 radical (unpaired) electrons. The van der Waals surface area contributed by atoms with Crippen LogP contribution in [0.15, 0.2) is 71.1 Å². The lowest BCUT2D eigenvalue weighted by Gasteiger charge is -2.45. The molecule has 0 atom stereocenters. The number of furan rings is 1. The van der Waals surface area contributed by atoms with E-state index in [0.717, 1.165) is 45.1 Å². The minimum absolute atomic E-state index is 0.275. The first-order valence-electron chi connectivity index (χ1n) is 13.3. The number of hydrogen-bond acceptors (Lipinski definition) is 6. The van der Waals surface area contributed by atoms with Gasteiger partial charge in [0.1, 0.15) is 28.7 Å². The number of carbonyl (C=O) groups is 2. The van der Waals surface area contributed by atoms with Crippen LogP contribution in [0, 0.1) is 0 Å². The lowest BCUT2D eigenvalue weighted by molar-refractivity contribution is -0.120. The Morgan fingerprint density at radius 1 is 1.05 bits per heavy atom. The molecule has 1 saturated heterocycles. The summed E-state index contributed by atoms with van der Waals surface area (Å²) in [4.78, 5) is 29.9. The summed E-state index contributed by atoms with van der Waals surface area (Å²) in [5, 5.41) is 5.22. The van der Waals surface area contributed by atoms with E-state index in [1.807, 2.05) is 42.5 Å². The first kappa shape index (κ1) is 26.7. The third-order valence-corrected chi connectivity index (χ3v) is 7.70. The standard InChI is InChI=1S/C31H35N3O5/c1-37-18-17-34(30(36)32-20-23-7-5-9-25(19-23)38-2)31(22-35)13-15-33(16-14-31)21-24-8-6-11-27-26-10-3-4-12-28(26)39-29(24)27/h3-12,19,22H,13-18,20-21H2,1-2H3,(H,32,36). The number of amides is 2. The Hall–Kier alpha value is -3.88. The van der Waals surface area contributed by atoms with Crippen molar-refractivity contribution >= 4 is 34.3 Å². The van der Waals surface area contributed by atoms with Crippen LogP contribution < -0.4 is 10.1 Å². The number of rotatable bonds is 10. The van der Waals surface area contributed by atoms with Crippen molar-refractivity contribution in [3.8, 4) is 5.75 Å². The molecular formula is C31H35N3O5. The Morgan fingerprint density at radius 2 is 1.82 bits per heavy atom. The second-order valence-electron chi connectivity index (χ2n) is 10.0. The van der Waals surface area contributed by atoms with Gasteiger partial charge in [-0.15, -0.1) is 0 Å². The molecule has 4 aromatic rings. The molecule has 1 aromatic heterocycles. The van der Waals surface area contributed by atoms with Gasteiger partial charge in [-0.2, -0.15) is 0 Å². The maximum atomic E-state index is 13.4. The van der Waals surface area contributed by atoms with Crippen molar-refractivity contribution in [1.82, 2.24) is 15.1 Å². The summed E-state index contributed by atoms with van der Waals surface area (Å²) in [6.07, 6.45) is 2.04. The molecule has 5 rings (SSSR count). The predicted octanol–water partition coefficient (Wildman–Crippen LogP) is 4.99. The zero-order valence-corrected chi connectivity index (χ0v) is 22.5. The van der Waals surface area contributed by atoms with Gasteiger partial charge in [-0.05, 0) is 36.6 Å². The number of fused-ring (bicyclic) bond motifs is 3. The fourth-order valence-corrected chi connectivity index (χ4v) is 5.49. The fraction of sp³-hybridized carbons (Fsp3) is 0.355. The summed E-state index contributed by atoms with van der Waals surface area (Å²) in [6, 6.07) is 21.6. The van der Waals surface area contributed by atoms with Crippen molar-refractivity contribution in [2.24, 2.45) is 0 Å². The van der Waals surface area contributed by atoms with Crippen LogP contribution in [0.5, 0.6) is 5.75 Å². The van der Waals surface area contributed by atoms with Crippen LogP contribution in [0.25, 0.3) is 21.9 Å². The normalized spacial score (nSPS) is 15.3. The second kappa shape index (κ2) is 11.9. The van der Waals surface area contributed by atoms with Crippen molar-refractivity contribution in [1.29, 1.82) is 0 Å². The maximum absolute atomic E-state index is 13.4. The van der Waals surface area contributed by atoms with E-state index in [9.17, 15) is 9.59 Å². The van der Waals surface area contributed by atoms with Crippen molar-refractivity contribution in [2.45, 2.75) is 31.5 Å². The second-order valence-corrected chi connectivity index (χ2v) is 10.0. The average Bonchev–Trinajstić information content (AvgIpc) is 3.37.